The van der Waals surface area contributed by atoms with Gasteiger partial charge in [-0.05, 0) is 55.0 Å². The summed E-state index contributed by atoms with van der Waals surface area (Å²) in [5.74, 6) is -0.903. The van der Waals surface area contributed by atoms with Crippen LogP contribution in [0.15, 0.2) is 78.0 Å². The Morgan fingerprint density at radius 3 is 2.19 bits per heavy atom. The average Bonchev–Trinajstić information content (AvgIpc) is 3.20. The van der Waals surface area contributed by atoms with Crippen molar-refractivity contribution in [3.8, 4) is 0 Å². The maximum Gasteiger partial charge on any atom is 0.501 e. The highest BCUT2D eigenvalue weighted by molar-refractivity contribution is 7.92. The van der Waals surface area contributed by atoms with E-state index in [4.69, 9.17) is 0 Å². The van der Waals surface area contributed by atoms with Crippen LogP contribution in [0.25, 0.3) is 0 Å². The number of anilines is 2. The van der Waals surface area contributed by atoms with E-state index in [-0.39, 0.29) is 18.1 Å². The Balaban J connectivity index is 1.31. The highest BCUT2D eigenvalue weighted by Gasteiger charge is 2.47. The molecule has 42 heavy (non-hydrogen) atoms. The molecule has 10 nitrogen and oxygen atoms in total. The average molecular weight is 602 g/mol. The van der Waals surface area contributed by atoms with Crippen LogP contribution in [0.5, 0.6) is 0 Å². The third kappa shape index (κ3) is 5.29. The third-order valence-corrected chi connectivity index (χ3v) is 8.87. The minimum Gasteiger partial charge on any atom is -0.368 e. The lowest BCUT2D eigenvalue weighted by Crippen LogP contribution is -2.49. The Morgan fingerprint density at radius 1 is 0.929 bits per heavy atom. The zero-order valence-corrected chi connectivity index (χ0v) is 23.2. The molecule has 4 amide bonds. The second-order valence-corrected chi connectivity index (χ2v) is 11.8. The fourth-order valence-corrected chi connectivity index (χ4v) is 5.73. The lowest BCUT2D eigenvalue weighted by Gasteiger charge is -2.36. The molecule has 1 unspecified atom stereocenters. The quantitative estimate of drug-likeness (QED) is 0.397. The molecule has 0 N–H and O–H groups in total. The molecule has 0 spiro atoms. The number of nitrogens with zero attached hydrogens (tertiary/aromatic N) is 5. The van der Waals surface area contributed by atoms with Gasteiger partial charge in [-0.1, -0.05) is 18.2 Å². The number of carbonyl (C=O) groups is 3. The summed E-state index contributed by atoms with van der Waals surface area (Å²) in [6, 6.07) is 13.1. The summed E-state index contributed by atoms with van der Waals surface area (Å²) in [5.41, 5.74) is -3.74. The topological polar surface area (TPSA) is 111 Å². The van der Waals surface area contributed by atoms with Gasteiger partial charge in [0.2, 0.25) is 0 Å². The van der Waals surface area contributed by atoms with Crippen molar-refractivity contribution in [2.24, 2.45) is 0 Å². The first-order chi connectivity index (χ1) is 19.9. The maximum absolute atomic E-state index is 13.5. The summed E-state index contributed by atoms with van der Waals surface area (Å²) in [6.07, 6.45) is 2.90. The molecule has 1 atom stereocenters. The summed E-state index contributed by atoms with van der Waals surface area (Å²) < 4.78 is 62.1. The number of piperazine rings is 1. The molecule has 2 saturated heterocycles. The molecule has 2 aromatic carbocycles. The summed E-state index contributed by atoms with van der Waals surface area (Å²) in [5, 5.41) is 0. The van der Waals surface area contributed by atoms with Crippen molar-refractivity contribution in [1.29, 1.82) is 0 Å². The molecule has 14 heteroatoms. The molecule has 2 fully saturated rings. The van der Waals surface area contributed by atoms with Gasteiger partial charge in [0.05, 0.1) is 16.1 Å². The van der Waals surface area contributed by atoms with Crippen LogP contribution < -0.4 is 9.80 Å². The first-order valence-corrected chi connectivity index (χ1v) is 14.5. The van der Waals surface area contributed by atoms with Gasteiger partial charge in [0, 0.05) is 50.8 Å². The number of alkyl halides is 3. The van der Waals surface area contributed by atoms with E-state index in [1.165, 1.54) is 24.2 Å². The number of hydrogen-bond donors (Lipinski definition) is 0. The van der Waals surface area contributed by atoms with E-state index in [1.807, 2.05) is 30.3 Å². The summed E-state index contributed by atoms with van der Waals surface area (Å²) in [6.45, 7) is 3.63. The molecular formula is C28H26F3N5O5S. The molecule has 220 valence electrons. The highest BCUT2D eigenvalue weighted by Crippen LogP contribution is 2.33. The number of imide groups is 1. The van der Waals surface area contributed by atoms with Gasteiger partial charge in [0.15, 0.2) is 0 Å². The number of rotatable bonds is 6. The van der Waals surface area contributed by atoms with Crippen molar-refractivity contribution in [3.05, 3.63) is 84.2 Å². The molecule has 2 aliphatic rings. The number of benzene rings is 2. The van der Waals surface area contributed by atoms with E-state index in [2.05, 4.69) is 9.88 Å². The second kappa shape index (κ2) is 11.1. The minimum absolute atomic E-state index is 0.0808. The van der Waals surface area contributed by atoms with Crippen molar-refractivity contribution >= 4 is 39.1 Å². The van der Waals surface area contributed by atoms with Gasteiger partial charge in [-0.25, -0.2) is 18.1 Å². The number of amides is 4. The predicted molar refractivity (Wildman–Crippen MR) is 146 cm³/mol. The smallest absolute Gasteiger partial charge is 0.368 e. The fraction of sp³-hybridized carbons (Fsp3) is 0.286. The van der Waals surface area contributed by atoms with E-state index in [0.29, 0.717) is 49.4 Å². The number of urea groups is 1. The van der Waals surface area contributed by atoms with Crippen molar-refractivity contribution in [1.82, 2.24) is 14.8 Å². The highest BCUT2D eigenvalue weighted by atomic mass is 32.2. The van der Waals surface area contributed by atoms with Crippen LogP contribution in [0.4, 0.5) is 29.3 Å². The maximum atomic E-state index is 13.5. The van der Waals surface area contributed by atoms with Gasteiger partial charge in [-0.3, -0.25) is 14.6 Å². The lowest BCUT2D eigenvalue weighted by molar-refractivity contribution is -0.119. The van der Waals surface area contributed by atoms with E-state index in [0.717, 1.165) is 22.7 Å². The second-order valence-electron chi connectivity index (χ2n) is 9.85. The first-order valence-electron chi connectivity index (χ1n) is 13.0. The Labute approximate surface area is 239 Å². The summed E-state index contributed by atoms with van der Waals surface area (Å²) in [4.78, 5) is 48.9. The van der Waals surface area contributed by atoms with Gasteiger partial charge in [0.1, 0.15) is 6.04 Å². The van der Waals surface area contributed by atoms with Crippen molar-refractivity contribution in [3.63, 3.8) is 0 Å². The molecule has 3 heterocycles. The van der Waals surface area contributed by atoms with Crippen molar-refractivity contribution in [2.75, 3.05) is 36.0 Å². The number of hydrogen-bond acceptors (Lipinski definition) is 7. The van der Waals surface area contributed by atoms with Gasteiger partial charge < -0.3 is 14.7 Å². The van der Waals surface area contributed by atoms with E-state index in [9.17, 15) is 36.0 Å². The zero-order valence-electron chi connectivity index (χ0n) is 22.4. The van der Waals surface area contributed by atoms with Gasteiger partial charge in [-0.2, -0.15) is 13.2 Å². The Morgan fingerprint density at radius 2 is 1.57 bits per heavy atom. The third-order valence-electron chi connectivity index (χ3n) is 7.36. The number of sulfone groups is 1. The molecule has 2 aliphatic heterocycles. The van der Waals surface area contributed by atoms with E-state index >= 15 is 0 Å². The number of carbonyl (C=O) groups excluding carboxylic acids is 3. The number of para-hydroxylation sites is 1. The van der Waals surface area contributed by atoms with Gasteiger partial charge >= 0.3 is 11.5 Å². The SMILES string of the molecule is CC1C(=O)N(c2ccc(S(=O)(=O)C(F)(F)F)cc2)C(=O)N1Cc1ccncc1C(=O)N1CCN(c2ccccc2)CC1. The molecule has 5 rings (SSSR count). The van der Waals surface area contributed by atoms with Crippen LogP contribution in [0.2, 0.25) is 0 Å². The predicted octanol–water partition coefficient (Wildman–Crippen LogP) is 3.69. The fourth-order valence-electron chi connectivity index (χ4n) is 4.97. The van der Waals surface area contributed by atoms with Gasteiger partial charge in [0.25, 0.3) is 21.7 Å². The van der Waals surface area contributed by atoms with E-state index < -0.39 is 38.2 Å². The molecular weight excluding hydrogens is 575 g/mol. The normalized spacial score (nSPS) is 18.1. The Hall–Kier alpha value is -4.46. The number of pyridine rings is 1. The molecule has 0 aliphatic carbocycles. The molecule has 0 saturated carbocycles. The van der Waals surface area contributed by atoms with Crippen LogP contribution in [0.1, 0.15) is 22.8 Å². The number of halogens is 3. The Bertz CT molecular complexity index is 1610. The van der Waals surface area contributed by atoms with Crippen LogP contribution in [-0.2, 0) is 21.2 Å². The summed E-state index contributed by atoms with van der Waals surface area (Å²) in [7, 11) is -5.59. The van der Waals surface area contributed by atoms with Crippen LogP contribution in [0.3, 0.4) is 0 Å². The molecule has 3 aromatic rings. The van der Waals surface area contributed by atoms with Crippen molar-refractivity contribution < 1.29 is 36.0 Å². The van der Waals surface area contributed by atoms with E-state index in [1.54, 1.807) is 11.0 Å². The Kier molecular flexibility index (Phi) is 7.66. The zero-order chi connectivity index (χ0) is 30.2. The first kappa shape index (κ1) is 29.0. The lowest BCUT2D eigenvalue weighted by atomic mass is 10.1. The van der Waals surface area contributed by atoms with Crippen LogP contribution in [-0.4, -0.2) is 78.8 Å². The van der Waals surface area contributed by atoms with Crippen molar-refractivity contribution in [2.45, 2.75) is 29.9 Å². The molecule has 0 radical (unpaired) electrons. The standard InChI is InChI=1S/C28H26F3N5O5S/c1-19-25(37)36(22-7-9-23(10-8-22)42(40,41)28(29,30)31)27(39)35(19)18-20-11-12-32-17-24(20)26(38)34-15-13-33(14-16-34)21-5-3-2-4-6-21/h2-12,17,19H,13-16,18H2,1H3. The molecule has 0 bridgehead atoms. The summed E-state index contributed by atoms with van der Waals surface area (Å²) >= 11 is 0. The van der Waals surface area contributed by atoms with Crippen LogP contribution in [0, 0.1) is 0 Å². The monoisotopic (exact) mass is 601 g/mol. The number of aromatic nitrogens is 1. The minimum atomic E-state index is -5.59. The molecule has 1 aromatic heterocycles. The largest absolute Gasteiger partial charge is 0.501 e. The van der Waals surface area contributed by atoms with Gasteiger partial charge in [-0.15, -0.1) is 0 Å². The van der Waals surface area contributed by atoms with Crippen LogP contribution >= 0.6 is 0 Å².